The smallest absolute Gasteiger partial charge is 0.122 e. The fourth-order valence-electron chi connectivity index (χ4n) is 2.53. The molecule has 0 saturated carbocycles. The molecule has 1 aliphatic rings. The van der Waals surface area contributed by atoms with Crippen LogP contribution in [0.4, 0.5) is 0 Å². The van der Waals surface area contributed by atoms with Crippen LogP contribution in [0, 0.1) is 6.92 Å². The van der Waals surface area contributed by atoms with E-state index in [0.29, 0.717) is 18.8 Å². The zero-order valence-corrected chi connectivity index (χ0v) is 12.6. The quantitative estimate of drug-likeness (QED) is 0.847. The van der Waals surface area contributed by atoms with Gasteiger partial charge in [0, 0.05) is 24.7 Å². The molecule has 1 aromatic rings. The third-order valence-electron chi connectivity index (χ3n) is 3.30. The predicted octanol–water partition coefficient (Wildman–Crippen LogP) is 3.14. The average Bonchev–Trinajstić information content (AvgIpc) is 2.30. The van der Waals surface area contributed by atoms with Crippen LogP contribution >= 0.6 is 11.6 Å². The molecule has 2 atom stereocenters. The minimum atomic E-state index is 0.306. The summed E-state index contributed by atoms with van der Waals surface area (Å²) in [6.45, 7) is 9.84. The Hall–Kier alpha value is -0.770. The van der Waals surface area contributed by atoms with Crippen molar-refractivity contribution in [2.45, 2.75) is 33.0 Å². The van der Waals surface area contributed by atoms with Crippen LogP contribution in [-0.4, -0.2) is 43.3 Å². The molecule has 0 aliphatic carbocycles. The lowest BCUT2D eigenvalue weighted by Gasteiger charge is -2.35. The van der Waals surface area contributed by atoms with E-state index in [1.54, 1.807) is 0 Å². The fourth-order valence-corrected chi connectivity index (χ4v) is 2.75. The molecule has 1 saturated heterocycles. The SMILES string of the molecule is Cc1cc(Cl)ccc1OCCN1C[C@@H](C)O[C@H](C)C1. The van der Waals surface area contributed by atoms with E-state index >= 15 is 0 Å². The maximum Gasteiger partial charge on any atom is 0.122 e. The number of morpholine rings is 1. The molecule has 106 valence electrons. The van der Waals surface area contributed by atoms with Gasteiger partial charge in [-0.3, -0.25) is 4.90 Å². The Morgan fingerprint density at radius 3 is 2.63 bits per heavy atom. The highest BCUT2D eigenvalue weighted by Gasteiger charge is 2.21. The Balaban J connectivity index is 1.80. The van der Waals surface area contributed by atoms with Gasteiger partial charge >= 0.3 is 0 Å². The van der Waals surface area contributed by atoms with Crippen molar-refractivity contribution in [2.24, 2.45) is 0 Å². The number of aryl methyl sites for hydroxylation is 1. The van der Waals surface area contributed by atoms with Crippen molar-refractivity contribution < 1.29 is 9.47 Å². The van der Waals surface area contributed by atoms with Gasteiger partial charge in [-0.15, -0.1) is 0 Å². The van der Waals surface area contributed by atoms with Crippen LogP contribution in [0.3, 0.4) is 0 Å². The minimum absolute atomic E-state index is 0.306. The van der Waals surface area contributed by atoms with Crippen LogP contribution in [0.25, 0.3) is 0 Å². The summed E-state index contributed by atoms with van der Waals surface area (Å²) >= 11 is 5.93. The maximum absolute atomic E-state index is 5.93. The second kappa shape index (κ2) is 6.60. The van der Waals surface area contributed by atoms with Gasteiger partial charge in [-0.05, 0) is 44.5 Å². The molecule has 1 aliphatic heterocycles. The predicted molar refractivity (Wildman–Crippen MR) is 78.1 cm³/mol. The molecule has 0 radical (unpaired) electrons. The molecule has 0 amide bonds. The third kappa shape index (κ3) is 4.37. The third-order valence-corrected chi connectivity index (χ3v) is 3.53. The highest BCUT2D eigenvalue weighted by molar-refractivity contribution is 6.30. The van der Waals surface area contributed by atoms with Gasteiger partial charge in [-0.2, -0.15) is 0 Å². The number of nitrogens with zero attached hydrogens (tertiary/aromatic N) is 1. The molecule has 1 aromatic carbocycles. The van der Waals surface area contributed by atoms with Crippen LogP contribution in [0.2, 0.25) is 5.02 Å². The van der Waals surface area contributed by atoms with Gasteiger partial charge < -0.3 is 9.47 Å². The van der Waals surface area contributed by atoms with Crippen molar-refractivity contribution >= 4 is 11.6 Å². The van der Waals surface area contributed by atoms with Gasteiger partial charge in [0.25, 0.3) is 0 Å². The summed E-state index contributed by atoms with van der Waals surface area (Å²) in [5.74, 6) is 0.916. The molecule has 1 heterocycles. The van der Waals surface area contributed by atoms with Crippen LogP contribution in [0.1, 0.15) is 19.4 Å². The number of halogens is 1. The molecule has 2 rings (SSSR count). The Morgan fingerprint density at radius 1 is 1.32 bits per heavy atom. The standard InChI is InChI=1S/C15H22ClNO2/c1-11-8-14(16)4-5-15(11)18-7-6-17-9-12(2)19-13(3)10-17/h4-5,8,12-13H,6-7,9-10H2,1-3H3/t12-,13-/m1/s1. The van der Waals surface area contributed by atoms with E-state index in [1.165, 1.54) is 0 Å². The number of benzene rings is 1. The minimum Gasteiger partial charge on any atom is -0.492 e. The van der Waals surface area contributed by atoms with E-state index in [-0.39, 0.29) is 0 Å². The highest BCUT2D eigenvalue weighted by Crippen LogP contribution is 2.21. The second-order valence-electron chi connectivity index (χ2n) is 5.28. The van der Waals surface area contributed by atoms with Crippen LogP contribution in [-0.2, 0) is 4.74 Å². The summed E-state index contributed by atoms with van der Waals surface area (Å²) in [5.41, 5.74) is 1.08. The molecule has 0 unspecified atom stereocenters. The van der Waals surface area contributed by atoms with Gasteiger partial charge in [0.05, 0.1) is 12.2 Å². The molecule has 19 heavy (non-hydrogen) atoms. The van der Waals surface area contributed by atoms with Crippen LogP contribution in [0.15, 0.2) is 18.2 Å². The topological polar surface area (TPSA) is 21.7 Å². The molecule has 0 bridgehead atoms. The van der Waals surface area contributed by atoms with E-state index in [0.717, 1.165) is 36.0 Å². The molecule has 0 aromatic heterocycles. The lowest BCUT2D eigenvalue weighted by molar-refractivity contribution is -0.0699. The normalized spacial score (nSPS) is 24.4. The number of hydrogen-bond donors (Lipinski definition) is 0. The molecule has 1 fully saturated rings. The van der Waals surface area contributed by atoms with Crippen molar-refractivity contribution in [3.8, 4) is 5.75 Å². The van der Waals surface area contributed by atoms with Crippen molar-refractivity contribution in [1.82, 2.24) is 4.90 Å². The second-order valence-corrected chi connectivity index (χ2v) is 5.71. The Morgan fingerprint density at radius 2 is 2.00 bits per heavy atom. The molecule has 4 heteroatoms. The number of hydrogen-bond acceptors (Lipinski definition) is 3. The van der Waals surface area contributed by atoms with E-state index in [1.807, 2.05) is 25.1 Å². The first-order valence-electron chi connectivity index (χ1n) is 6.81. The maximum atomic E-state index is 5.93. The van der Waals surface area contributed by atoms with Crippen molar-refractivity contribution in [2.75, 3.05) is 26.2 Å². The van der Waals surface area contributed by atoms with Crippen molar-refractivity contribution in [1.29, 1.82) is 0 Å². The lowest BCUT2D eigenvalue weighted by Crippen LogP contribution is -2.46. The summed E-state index contributed by atoms with van der Waals surface area (Å²) in [7, 11) is 0. The molecule has 0 spiro atoms. The van der Waals surface area contributed by atoms with E-state index < -0.39 is 0 Å². The van der Waals surface area contributed by atoms with E-state index in [9.17, 15) is 0 Å². The first-order chi connectivity index (χ1) is 9.04. The molecular weight excluding hydrogens is 262 g/mol. The van der Waals surface area contributed by atoms with Gasteiger partial charge in [0.1, 0.15) is 12.4 Å². The summed E-state index contributed by atoms with van der Waals surface area (Å²) in [5, 5.41) is 0.751. The van der Waals surface area contributed by atoms with Gasteiger partial charge in [-0.1, -0.05) is 11.6 Å². The molecule has 0 N–H and O–H groups in total. The molecule has 3 nitrogen and oxygen atoms in total. The highest BCUT2D eigenvalue weighted by atomic mass is 35.5. The van der Waals surface area contributed by atoms with Crippen LogP contribution < -0.4 is 4.74 Å². The monoisotopic (exact) mass is 283 g/mol. The first-order valence-corrected chi connectivity index (χ1v) is 7.19. The zero-order valence-electron chi connectivity index (χ0n) is 11.9. The first kappa shape index (κ1) is 14.6. The summed E-state index contributed by atoms with van der Waals surface area (Å²) in [6.07, 6.45) is 0.613. The largest absolute Gasteiger partial charge is 0.492 e. The van der Waals surface area contributed by atoms with Gasteiger partial charge in [-0.25, -0.2) is 0 Å². The van der Waals surface area contributed by atoms with E-state index in [2.05, 4.69) is 18.7 Å². The number of ether oxygens (including phenoxy) is 2. The average molecular weight is 284 g/mol. The number of rotatable bonds is 4. The van der Waals surface area contributed by atoms with Gasteiger partial charge in [0.2, 0.25) is 0 Å². The Labute approximate surface area is 120 Å². The summed E-state index contributed by atoms with van der Waals surface area (Å²) in [4.78, 5) is 2.39. The van der Waals surface area contributed by atoms with Gasteiger partial charge in [0.15, 0.2) is 0 Å². The lowest BCUT2D eigenvalue weighted by atomic mass is 10.2. The van der Waals surface area contributed by atoms with Crippen LogP contribution in [0.5, 0.6) is 5.75 Å². The van der Waals surface area contributed by atoms with E-state index in [4.69, 9.17) is 21.1 Å². The Bertz CT molecular complexity index is 415. The summed E-state index contributed by atoms with van der Waals surface area (Å²) < 4.78 is 11.5. The Kier molecular flexibility index (Phi) is 5.08. The fraction of sp³-hybridized carbons (Fsp3) is 0.600. The summed E-state index contributed by atoms with van der Waals surface area (Å²) in [6, 6.07) is 5.72. The molecular formula is C15H22ClNO2. The van der Waals surface area contributed by atoms with Crippen molar-refractivity contribution in [3.05, 3.63) is 28.8 Å². The zero-order chi connectivity index (χ0) is 13.8. The van der Waals surface area contributed by atoms with Crippen molar-refractivity contribution in [3.63, 3.8) is 0 Å².